The fourth-order valence-corrected chi connectivity index (χ4v) is 3.55. The maximum atomic E-state index is 14.0. The molecular formula is C18H11FN4O4S. The van der Waals surface area contributed by atoms with E-state index in [0.29, 0.717) is 10.4 Å². The molecule has 0 saturated carbocycles. The predicted octanol–water partition coefficient (Wildman–Crippen LogP) is 4.18. The second-order valence-electron chi connectivity index (χ2n) is 5.69. The molecular weight excluding hydrogens is 387 g/mol. The van der Waals surface area contributed by atoms with E-state index < -0.39 is 22.5 Å². The van der Waals surface area contributed by atoms with Crippen LogP contribution in [-0.2, 0) is 6.54 Å². The number of halogens is 1. The number of rotatable bonds is 5. The van der Waals surface area contributed by atoms with Gasteiger partial charge in [0, 0.05) is 6.20 Å². The van der Waals surface area contributed by atoms with Gasteiger partial charge in [-0.05, 0) is 30.3 Å². The number of carbonyl (C=O) groups excluding carboxylic acids is 1. The molecule has 140 valence electrons. The minimum atomic E-state index is -0.729. The second-order valence-corrected chi connectivity index (χ2v) is 6.70. The molecule has 3 aromatic heterocycles. The van der Waals surface area contributed by atoms with E-state index in [1.165, 1.54) is 17.0 Å². The van der Waals surface area contributed by atoms with Gasteiger partial charge in [0.1, 0.15) is 16.3 Å². The van der Waals surface area contributed by atoms with Crippen molar-refractivity contribution in [3.05, 3.63) is 82.1 Å². The third kappa shape index (κ3) is 3.32. The maximum Gasteiger partial charge on any atom is 0.433 e. The molecule has 0 bridgehead atoms. The van der Waals surface area contributed by atoms with Crippen LogP contribution in [0.3, 0.4) is 0 Å². The van der Waals surface area contributed by atoms with Gasteiger partial charge < -0.3 is 4.42 Å². The van der Waals surface area contributed by atoms with Crippen LogP contribution < -0.4 is 4.90 Å². The molecule has 1 aromatic carbocycles. The number of pyridine rings is 1. The Hall–Kier alpha value is -3.66. The van der Waals surface area contributed by atoms with Gasteiger partial charge in [0.15, 0.2) is 10.9 Å². The van der Waals surface area contributed by atoms with E-state index in [-0.39, 0.29) is 23.0 Å². The molecule has 0 saturated heterocycles. The van der Waals surface area contributed by atoms with E-state index in [2.05, 4.69) is 9.97 Å². The van der Waals surface area contributed by atoms with Crippen LogP contribution in [0.5, 0.6) is 0 Å². The van der Waals surface area contributed by atoms with Crippen molar-refractivity contribution in [2.24, 2.45) is 0 Å². The largest absolute Gasteiger partial charge is 0.433 e. The number of fused-ring (bicyclic) bond motifs is 1. The highest BCUT2D eigenvalue weighted by atomic mass is 32.1. The number of hydrogen-bond donors (Lipinski definition) is 0. The number of aromatic nitrogens is 2. The van der Waals surface area contributed by atoms with Gasteiger partial charge in [0.2, 0.25) is 0 Å². The molecule has 8 nitrogen and oxygen atoms in total. The smallest absolute Gasteiger partial charge is 0.395 e. The summed E-state index contributed by atoms with van der Waals surface area (Å²) < 4.78 is 19.6. The number of amides is 1. The van der Waals surface area contributed by atoms with Gasteiger partial charge in [-0.3, -0.25) is 24.8 Å². The van der Waals surface area contributed by atoms with Crippen LogP contribution in [-0.4, -0.2) is 20.8 Å². The van der Waals surface area contributed by atoms with E-state index in [1.807, 2.05) is 0 Å². The molecule has 1 amide bonds. The Morgan fingerprint density at radius 1 is 1.21 bits per heavy atom. The van der Waals surface area contributed by atoms with Crippen LogP contribution in [0.2, 0.25) is 0 Å². The molecule has 0 aliphatic rings. The molecule has 3 heterocycles. The van der Waals surface area contributed by atoms with E-state index in [4.69, 9.17) is 4.42 Å². The Morgan fingerprint density at radius 2 is 2.07 bits per heavy atom. The van der Waals surface area contributed by atoms with Crippen molar-refractivity contribution in [1.29, 1.82) is 0 Å². The summed E-state index contributed by atoms with van der Waals surface area (Å²) in [6.45, 7) is 0.0373. The lowest BCUT2D eigenvalue weighted by Crippen LogP contribution is -2.30. The number of carbonyl (C=O) groups is 1. The van der Waals surface area contributed by atoms with Crippen LogP contribution in [0.4, 0.5) is 15.4 Å². The van der Waals surface area contributed by atoms with Crippen molar-refractivity contribution >= 4 is 38.5 Å². The molecule has 0 atom stereocenters. The monoisotopic (exact) mass is 398 g/mol. The second kappa shape index (κ2) is 7.16. The number of nitro groups is 1. The number of thiazole rings is 1. The maximum absolute atomic E-state index is 14.0. The first-order valence-corrected chi connectivity index (χ1v) is 8.85. The summed E-state index contributed by atoms with van der Waals surface area (Å²) in [5.74, 6) is -1.91. The number of benzene rings is 1. The minimum Gasteiger partial charge on any atom is -0.395 e. The molecule has 0 unspecified atom stereocenters. The summed E-state index contributed by atoms with van der Waals surface area (Å²) >= 11 is 1.13. The molecule has 0 N–H and O–H groups in total. The van der Waals surface area contributed by atoms with Gasteiger partial charge in [-0.15, -0.1) is 0 Å². The van der Waals surface area contributed by atoms with Crippen molar-refractivity contribution < 1.29 is 18.5 Å². The average Bonchev–Trinajstić information content (AvgIpc) is 3.34. The third-order valence-corrected chi connectivity index (χ3v) is 4.91. The Balaban J connectivity index is 1.77. The molecule has 10 heteroatoms. The number of hydrogen-bond acceptors (Lipinski definition) is 7. The molecule has 0 aliphatic heterocycles. The van der Waals surface area contributed by atoms with Crippen molar-refractivity contribution in [3.63, 3.8) is 0 Å². The molecule has 0 spiro atoms. The fourth-order valence-electron chi connectivity index (χ4n) is 2.57. The molecule has 4 rings (SSSR count). The van der Waals surface area contributed by atoms with Crippen molar-refractivity contribution in [1.82, 2.24) is 9.97 Å². The Kier molecular flexibility index (Phi) is 4.53. The highest BCUT2D eigenvalue weighted by Gasteiger charge is 2.27. The Morgan fingerprint density at radius 3 is 2.75 bits per heavy atom. The van der Waals surface area contributed by atoms with E-state index in [9.17, 15) is 19.3 Å². The normalized spacial score (nSPS) is 10.9. The minimum absolute atomic E-state index is 0.0373. The van der Waals surface area contributed by atoms with Crippen molar-refractivity contribution in [2.75, 3.05) is 4.90 Å². The van der Waals surface area contributed by atoms with Crippen LogP contribution in [0.25, 0.3) is 10.2 Å². The van der Waals surface area contributed by atoms with Gasteiger partial charge in [-0.25, -0.2) is 9.37 Å². The number of para-hydroxylation sites is 1. The lowest BCUT2D eigenvalue weighted by Gasteiger charge is -2.18. The summed E-state index contributed by atoms with van der Waals surface area (Å²) in [6.07, 6.45) is 1.58. The zero-order valence-electron chi connectivity index (χ0n) is 14.1. The first kappa shape index (κ1) is 17.7. The van der Waals surface area contributed by atoms with Gasteiger partial charge in [0.25, 0.3) is 5.91 Å². The first-order valence-electron chi connectivity index (χ1n) is 8.04. The first-order chi connectivity index (χ1) is 13.5. The van der Waals surface area contributed by atoms with Crippen molar-refractivity contribution in [3.8, 4) is 0 Å². The fraction of sp³-hybridized carbons (Fsp3) is 0.0556. The zero-order chi connectivity index (χ0) is 19.7. The Bertz CT molecular complexity index is 1170. The van der Waals surface area contributed by atoms with Gasteiger partial charge in [-0.2, -0.15) is 0 Å². The highest BCUT2D eigenvalue weighted by Crippen LogP contribution is 2.32. The molecule has 0 radical (unpaired) electrons. The van der Waals surface area contributed by atoms with E-state index in [1.54, 1.807) is 36.5 Å². The van der Waals surface area contributed by atoms with Gasteiger partial charge >= 0.3 is 5.88 Å². The van der Waals surface area contributed by atoms with Crippen LogP contribution in [0, 0.1) is 15.9 Å². The Labute approximate surface area is 161 Å². The summed E-state index contributed by atoms with van der Waals surface area (Å²) in [5, 5.41) is 11.1. The summed E-state index contributed by atoms with van der Waals surface area (Å²) in [4.78, 5) is 32.8. The van der Waals surface area contributed by atoms with Crippen LogP contribution >= 0.6 is 11.3 Å². The topological polar surface area (TPSA) is 102 Å². The van der Waals surface area contributed by atoms with Crippen LogP contribution in [0.1, 0.15) is 16.2 Å². The highest BCUT2D eigenvalue weighted by molar-refractivity contribution is 7.22. The van der Waals surface area contributed by atoms with Gasteiger partial charge in [0.05, 0.1) is 23.0 Å². The van der Waals surface area contributed by atoms with E-state index >= 15 is 0 Å². The molecule has 28 heavy (non-hydrogen) atoms. The van der Waals surface area contributed by atoms with Crippen LogP contribution in [0.15, 0.2) is 59.1 Å². The molecule has 0 fully saturated rings. The lowest BCUT2D eigenvalue weighted by molar-refractivity contribution is -0.402. The molecule has 0 aliphatic carbocycles. The predicted molar refractivity (Wildman–Crippen MR) is 99.7 cm³/mol. The summed E-state index contributed by atoms with van der Waals surface area (Å²) in [5.41, 5.74) is 0.711. The van der Waals surface area contributed by atoms with Gasteiger partial charge in [-0.1, -0.05) is 23.5 Å². The lowest BCUT2D eigenvalue weighted by atomic mass is 10.3. The van der Waals surface area contributed by atoms with E-state index in [0.717, 1.165) is 17.4 Å². The number of anilines is 1. The SMILES string of the molecule is O=C(c1ccc([N+](=O)[O-])o1)N(Cc1ccccn1)c1nc2c(F)cccc2s1. The average molecular weight is 398 g/mol. The number of furan rings is 1. The summed E-state index contributed by atoms with van der Waals surface area (Å²) in [7, 11) is 0. The summed E-state index contributed by atoms with van der Waals surface area (Å²) in [6, 6.07) is 12.1. The molecule has 4 aromatic rings. The number of nitrogens with zero attached hydrogens (tertiary/aromatic N) is 4. The van der Waals surface area contributed by atoms with Crippen molar-refractivity contribution in [2.45, 2.75) is 6.54 Å². The third-order valence-electron chi connectivity index (χ3n) is 3.86. The quantitative estimate of drug-likeness (QED) is 0.369. The standard InChI is InChI=1S/C18H11FN4O4S/c19-12-5-3-6-14-16(12)21-18(28-14)22(10-11-4-1-2-9-20-11)17(24)13-7-8-15(27-13)23(25)26/h1-9H,10H2. The zero-order valence-corrected chi connectivity index (χ0v) is 14.9.